The van der Waals surface area contributed by atoms with E-state index in [1.807, 2.05) is 6.07 Å². The summed E-state index contributed by atoms with van der Waals surface area (Å²) in [5, 5.41) is 5.60. The van der Waals surface area contributed by atoms with Gasteiger partial charge in [0.1, 0.15) is 11.9 Å². The van der Waals surface area contributed by atoms with E-state index in [2.05, 4.69) is 10.6 Å². The van der Waals surface area contributed by atoms with Gasteiger partial charge in [-0.1, -0.05) is 24.3 Å². The SMILES string of the molecule is CNC(=O)CNCC1CCc2ccc(S(=O)(=O)c3ccccc3)cc2O1. The molecule has 0 aliphatic carbocycles. The number of carbonyl (C=O) groups excluding carboxylic acids is 1. The Bertz CT molecular complexity index is 882. The largest absolute Gasteiger partial charge is 0.489 e. The second kappa shape index (κ2) is 7.88. The molecule has 7 heteroatoms. The highest BCUT2D eigenvalue weighted by atomic mass is 32.2. The maximum absolute atomic E-state index is 12.8. The Morgan fingerprint density at radius 2 is 1.92 bits per heavy atom. The van der Waals surface area contributed by atoms with Crippen molar-refractivity contribution in [3.05, 3.63) is 54.1 Å². The van der Waals surface area contributed by atoms with E-state index in [9.17, 15) is 13.2 Å². The lowest BCUT2D eigenvalue weighted by Crippen LogP contribution is -2.39. The molecule has 0 saturated heterocycles. The minimum Gasteiger partial charge on any atom is -0.489 e. The summed E-state index contributed by atoms with van der Waals surface area (Å²) in [5.74, 6) is 0.512. The highest BCUT2D eigenvalue weighted by molar-refractivity contribution is 7.91. The fourth-order valence-electron chi connectivity index (χ4n) is 2.89. The van der Waals surface area contributed by atoms with Gasteiger partial charge in [-0.25, -0.2) is 8.42 Å². The van der Waals surface area contributed by atoms with Crippen LogP contribution >= 0.6 is 0 Å². The van der Waals surface area contributed by atoms with Crippen molar-refractivity contribution in [1.82, 2.24) is 10.6 Å². The van der Waals surface area contributed by atoms with Crippen LogP contribution in [0.3, 0.4) is 0 Å². The van der Waals surface area contributed by atoms with Gasteiger partial charge in [0.05, 0.1) is 16.3 Å². The summed E-state index contributed by atoms with van der Waals surface area (Å²) in [6.45, 7) is 0.758. The van der Waals surface area contributed by atoms with Gasteiger partial charge in [0.15, 0.2) is 0 Å². The molecule has 1 amide bonds. The molecule has 1 unspecified atom stereocenters. The van der Waals surface area contributed by atoms with Crippen LogP contribution in [-0.4, -0.2) is 40.6 Å². The molecule has 1 aliphatic rings. The Labute approximate surface area is 153 Å². The number of fused-ring (bicyclic) bond motifs is 1. The van der Waals surface area contributed by atoms with Crippen LogP contribution in [0.2, 0.25) is 0 Å². The van der Waals surface area contributed by atoms with Gasteiger partial charge < -0.3 is 15.4 Å². The number of ether oxygens (including phenoxy) is 1. The van der Waals surface area contributed by atoms with Crippen molar-refractivity contribution in [1.29, 1.82) is 0 Å². The molecule has 2 N–H and O–H groups in total. The van der Waals surface area contributed by atoms with Crippen molar-refractivity contribution in [2.24, 2.45) is 0 Å². The number of benzene rings is 2. The quantitative estimate of drug-likeness (QED) is 0.801. The first kappa shape index (κ1) is 18.4. The standard InChI is InChI=1S/C19H22N2O4S/c1-20-19(22)13-21-12-15-9-7-14-8-10-17(11-18(14)25-15)26(23,24)16-5-3-2-4-6-16/h2-6,8,10-11,15,21H,7,9,12-13H2,1H3,(H,20,22). The molecule has 0 aromatic heterocycles. The Kier molecular flexibility index (Phi) is 5.58. The molecule has 3 rings (SSSR count). The van der Waals surface area contributed by atoms with Crippen LogP contribution in [0.5, 0.6) is 5.75 Å². The van der Waals surface area contributed by atoms with Crippen LogP contribution in [0, 0.1) is 0 Å². The number of amides is 1. The average molecular weight is 374 g/mol. The van der Waals surface area contributed by atoms with Crippen LogP contribution in [0.25, 0.3) is 0 Å². The van der Waals surface area contributed by atoms with E-state index < -0.39 is 9.84 Å². The topological polar surface area (TPSA) is 84.5 Å². The van der Waals surface area contributed by atoms with Crippen LogP contribution in [0.1, 0.15) is 12.0 Å². The molecule has 0 radical (unpaired) electrons. The van der Waals surface area contributed by atoms with Crippen LogP contribution in [-0.2, 0) is 21.1 Å². The lowest BCUT2D eigenvalue weighted by Gasteiger charge is -2.26. The first-order valence-corrected chi connectivity index (χ1v) is 10.00. The molecule has 0 saturated carbocycles. The van der Waals surface area contributed by atoms with Crippen molar-refractivity contribution in [3.8, 4) is 5.75 Å². The molecule has 6 nitrogen and oxygen atoms in total. The maximum Gasteiger partial charge on any atom is 0.233 e. The number of nitrogens with one attached hydrogen (secondary N) is 2. The number of hydrogen-bond acceptors (Lipinski definition) is 5. The molecule has 1 atom stereocenters. The molecule has 2 aromatic rings. The smallest absolute Gasteiger partial charge is 0.233 e. The zero-order chi connectivity index (χ0) is 18.6. The number of aryl methyl sites for hydroxylation is 1. The lowest BCUT2D eigenvalue weighted by atomic mass is 10.0. The van der Waals surface area contributed by atoms with Crippen molar-refractivity contribution in [2.45, 2.75) is 28.7 Å². The number of carbonyl (C=O) groups is 1. The van der Waals surface area contributed by atoms with E-state index in [0.717, 1.165) is 18.4 Å². The molecule has 0 bridgehead atoms. The number of sulfone groups is 1. The third-order valence-corrected chi connectivity index (χ3v) is 6.14. The number of rotatable bonds is 6. The minimum atomic E-state index is -3.57. The molecule has 2 aromatic carbocycles. The molecule has 1 heterocycles. The molecule has 138 valence electrons. The number of hydrogen-bond donors (Lipinski definition) is 2. The predicted molar refractivity (Wildman–Crippen MR) is 98.0 cm³/mol. The normalized spacial score (nSPS) is 16.4. The van der Waals surface area contributed by atoms with Gasteiger partial charge in [-0.2, -0.15) is 0 Å². The van der Waals surface area contributed by atoms with Crippen LogP contribution < -0.4 is 15.4 Å². The van der Waals surface area contributed by atoms with E-state index in [1.165, 1.54) is 0 Å². The van der Waals surface area contributed by atoms with E-state index in [1.54, 1.807) is 49.5 Å². The zero-order valence-electron chi connectivity index (χ0n) is 14.6. The fourth-order valence-corrected chi connectivity index (χ4v) is 4.18. The third kappa shape index (κ3) is 4.05. The first-order chi connectivity index (χ1) is 12.5. The van der Waals surface area contributed by atoms with Crippen molar-refractivity contribution in [2.75, 3.05) is 20.1 Å². The van der Waals surface area contributed by atoms with Gasteiger partial charge in [-0.3, -0.25) is 4.79 Å². The first-order valence-electron chi connectivity index (χ1n) is 8.51. The average Bonchev–Trinajstić information content (AvgIpc) is 2.68. The molecule has 26 heavy (non-hydrogen) atoms. The van der Waals surface area contributed by atoms with E-state index in [4.69, 9.17) is 4.74 Å². The summed E-state index contributed by atoms with van der Waals surface area (Å²) in [4.78, 5) is 11.7. The van der Waals surface area contributed by atoms with Gasteiger partial charge in [0, 0.05) is 13.6 Å². The molecular weight excluding hydrogens is 352 g/mol. The summed E-state index contributed by atoms with van der Waals surface area (Å²) in [7, 11) is -1.98. The summed E-state index contributed by atoms with van der Waals surface area (Å²) in [6, 6.07) is 13.4. The van der Waals surface area contributed by atoms with Gasteiger partial charge >= 0.3 is 0 Å². The van der Waals surface area contributed by atoms with E-state index in [0.29, 0.717) is 12.3 Å². The summed E-state index contributed by atoms with van der Waals surface area (Å²) in [5.41, 5.74) is 1.000. The van der Waals surface area contributed by atoms with Gasteiger partial charge in [0.2, 0.25) is 15.7 Å². The Morgan fingerprint density at radius 1 is 1.15 bits per heavy atom. The van der Waals surface area contributed by atoms with Gasteiger partial charge in [0.25, 0.3) is 0 Å². The molecule has 0 spiro atoms. The highest BCUT2D eigenvalue weighted by Crippen LogP contribution is 2.32. The number of likely N-dealkylation sites (N-methyl/N-ethyl adjacent to an activating group) is 1. The van der Waals surface area contributed by atoms with Crippen LogP contribution in [0.4, 0.5) is 0 Å². The van der Waals surface area contributed by atoms with Crippen LogP contribution in [0.15, 0.2) is 58.3 Å². The maximum atomic E-state index is 12.8. The fraction of sp³-hybridized carbons (Fsp3) is 0.316. The minimum absolute atomic E-state index is 0.0857. The van der Waals surface area contributed by atoms with Crippen molar-refractivity contribution in [3.63, 3.8) is 0 Å². The molecular formula is C19H22N2O4S. The summed E-state index contributed by atoms with van der Waals surface area (Å²) in [6.07, 6.45) is 1.54. The Morgan fingerprint density at radius 3 is 2.65 bits per heavy atom. The monoisotopic (exact) mass is 374 g/mol. The molecule has 1 aliphatic heterocycles. The van der Waals surface area contributed by atoms with Gasteiger partial charge in [-0.05, 0) is 42.7 Å². The zero-order valence-corrected chi connectivity index (χ0v) is 15.4. The molecule has 0 fully saturated rings. The predicted octanol–water partition coefficient (Wildman–Crippen LogP) is 1.55. The summed E-state index contributed by atoms with van der Waals surface area (Å²) < 4.78 is 31.5. The third-order valence-electron chi connectivity index (χ3n) is 4.37. The van der Waals surface area contributed by atoms with E-state index >= 15 is 0 Å². The van der Waals surface area contributed by atoms with E-state index in [-0.39, 0.29) is 28.3 Å². The second-order valence-corrected chi connectivity index (χ2v) is 8.12. The Balaban J connectivity index is 1.74. The second-order valence-electron chi connectivity index (χ2n) is 6.17. The summed E-state index contributed by atoms with van der Waals surface area (Å²) >= 11 is 0. The lowest BCUT2D eigenvalue weighted by molar-refractivity contribution is -0.119. The Hall–Kier alpha value is -2.38. The van der Waals surface area contributed by atoms with Gasteiger partial charge in [-0.15, -0.1) is 0 Å². The van der Waals surface area contributed by atoms with Crippen molar-refractivity contribution < 1.29 is 17.9 Å². The van der Waals surface area contributed by atoms with Crippen molar-refractivity contribution >= 4 is 15.7 Å². The highest BCUT2D eigenvalue weighted by Gasteiger charge is 2.24.